The first-order chi connectivity index (χ1) is 12.2. The van der Waals surface area contributed by atoms with Crippen LogP contribution in [0.1, 0.15) is 10.4 Å². The molecule has 0 saturated heterocycles. The summed E-state index contributed by atoms with van der Waals surface area (Å²) >= 11 is 5.93. The molecule has 7 nitrogen and oxygen atoms in total. The van der Waals surface area contributed by atoms with Crippen LogP contribution in [0.4, 0.5) is 5.69 Å². The number of ether oxygens (including phenoxy) is 1. The SMILES string of the molecule is CN(C)S(=O)(=O)c1cc(C(=O)OCC(=O)Nc2ccccc2)ccc1Cl. The van der Waals surface area contributed by atoms with Gasteiger partial charge in [-0.05, 0) is 30.3 Å². The van der Waals surface area contributed by atoms with Crippen molar-refractivity contribution in [3.63, 3.8) is 0 Å². The lowest BCUT2D eigenvalue weighted by atomic mass is 10.2. The predicted molar refractivity (Wildman–Crippen MR) is 97.7 cm³/mol. The van der Waals surface area contributed by atoms with Gasteiger partial charge in [0.25, 0.3) is 5.91 Å². The van der Waals surface area contributed by atoms with Crippen molar-refractivity contribution in [2.75, 3.05) is 26.0 Å². The van der Waals surface area contributed by atoms with Crippen LogP contribution in [0, 0.1) is 0 Å². The molecule has 2 aromatic rings. The molecular formula is C17H17ClN2O5S. The number of hydrogen-bond acceptors (Lipinski definition) is 5. The van der Waals surface area contributed by atoms with E-state index in [2.05, 4.69) is 5.32 Å². The summed E-state index contributed by atoms with van der Waals surface area (Å²) in [6.45, 7) is -0.508. The van der Waals surface area contributed by atoms with Gasteiger partial charge in [0.15, 0.2) is 6.61 Å². The number of nitrogens with one attached hydrogen (secondary N) is 1. The maximum atomic E-state index is 12.2. The van der Waals surface area contributed by atoms with E-state index >= 15 is 0 Å². The molecule has 0 unspecified atom stereocenters. The van der Waals surface area contributed by atoms with Gasteiger partial charge in [-0.25, -0.2) is 17.5 Å². The monoisotopic (exact) mass is 396 g/mol. The summed E-state index contributed by atoms with van der Waals surface area (Å²) in [5, 5.41) is 2.55. The Morgan fingerprint density at radius 1 is 1.12 bits per heavy atom. The third kappa shape index (κ3) is 4.81. The van der Waals surface area contributed by atoms with Crippen LogP contribution in [-0.4, -0.2) is 45.3 Å². The van der Waals surface area contributed by atoms with E-state index < -0.39 is 28.5 Å². The van der Waals surface area contributed by atoms with Crippen LogP contribution in [0.5, 0.6) is 0 Å². The van der Waals surface area contributed by atoms with Gasteiger partial charge in [-0.2, -0.15) is 0 Å². The number of halogens is 1. The van der Waals surface area contributed by atoms with E-state index in [0.717, 1.165) is 10.4 Å². The molecule has 138 valence electrons. The largest absolute Gasteiger partial charge is 0.452 e. The third-order valence-corrected chi connectivity index (χ3v) is 5.61. The molecule has 0 atom stereocenters. The van der Waals surface area contributed by atoms with Gasteiger partial charge >= 0.3 is 5.97 Å². The van der Waals surface area contributed by atoms with Crippen molar-refractivity contribution in [3.05, 3.63) is 59.1 Å². The second kappa shape index (κ2) is 8.31. The zero-order valence-electron chi connectivity index (χ0n) is 14.1. The molecular weight excluding hydrogens is 380 g/mol. The van der Waals surface area contributed by atoms with Crippen molar-refractivity contribution in [1.29, 1.82) is 0 Å². The average molecular weight is 397 g/mol. The fourth-order valence-corrected chi connectivity index (χ4v) is 3.35. The number of carbonyl (C=O) groups is 2. The lowest BCUT2D eigenvalue weighted by Gasteiger charge is -2.13. The van der Waals surface area contributed by atoms with Crippen LogP contribution >= 0.6 is 11.6 Å². The zero-order chi connectivity index (χ0) is 19.3. The van der Waals surface area contributed by atoms with Crippen LogP contribution < -0.4 is 5.32 Å². The summed E-state index contributed by atoms with van der Waals surface area (Å²) in [6, 6.07) is 12.4. The third-order valence-electron chi connectivity index (χ3n) is 3.32. The van der Waals surface area contributed by atoms with Crippen molar-refractivity contribution >= 4 is 39.2 Å². The van der Waals surface area contributed by atoms with E-state index in [1.165, 1.54) is 26.2 Å². The zero-order valence-corrected chi connectivity index (χ0v) is 15.7. The summed E-state index contributed by atoms with van der Waals surface area (Å²) in [5.41, 5.74) is 0.543. The standard InChI is InChI=1S/C17H17ClN2O5S/c1-20(2)26(23,24)15-10-12(8-9-14(15)18)17(22)25-11-16(21)19-13-6-4-3-5-7-13/h3-10H,11H2,1-2H3,(H,19,21). The molecule has 1 amide bonds. The molecule has 0 bridgehead atoms. The number of amides is 1. The van der Waals surface area contributed by atoms with Crippen molar-refractivity contribution < 1.29 is 22.7 Å². The fraction of sp³-hybridized carbons (Fsp3) is 0.176. The Kier molecular flexibility index (Phi) is 6.36. The number of carbonyl (C=O) groups excluding carboxylic acids is 2. The summed E-state index contributed by atoms with van der Waals surface area (Å²) < 4.78 is 30.4. The molecule has 0 aliphatic carbocycles. The smallest absolute Gasteiger partial charge is 0.338 e. The number of benzene rings is 2. The normalized spacial score (nSPS) is 11.2. The quantitative estimate of drug-likeness (QED) is 0.757. The molecule has 1 N–H and O–H groups in total. The minimum absolute atomic E-state index is 0.0166. The molecule has 0 fully saturated rings. The molecule has 0 saturated carbocycles. The Balaban J connectivity index is 2.07. The van der Waals surface area contributed by atoms with Crippen molar-refractivity contribution in [1.82, 2.24) is 4.31 Å². The highest BCUT2D eigenvalue weighted by Crippen LogP contribution is 2.25. The number of nitrogens with zero attached hydrogens (tertiary/aromatic N) is 1. The second-order valence-corrected chi connectivity index (χ2v) is 7.95. The first kappa shape index (κ1) is 19.9. The Bertz CT molecular complexity index is 914. The van der Waals surface area contributed by atoms with Gasteiger partial charge in [-0.3, -0.25) is 4.79 Å². The summed E-state index contributed by atoms with van der Waals surface area (Å²) in [4.78, 5) is 23.7. The van der Waals surface area contributed by atoms with E-state index in [1.807, 2.05) is 0 Å². The van der Waals surface area contributed by atoms with Crippen LogP contribution in [0.15, 0.2) is 53.4 Å². The van der Waals surface area contributed by atoms with Crippen molar-refractivity contribution in [3.8, 4) is 0 Å². The number of esters is 1. The minimum atomic E-state index is -3.82. The van der Waals surface area contributed by atoms with Crippen LogP contribution in [0.3, 0.4) is 0 Å². The number of anilines is 1. The highest BCUT2D eigenvalue weighted by Gasteiger charge is 2.23. The maximum Gasteiger partial charge on any atom is 0.338 e. The molecule has 0 aromatic heterocycles. The molecule has 26 heavy (non-hydrogen) atoms. The van der Waals surface area contributed by atoms with Gasteiger partial charge in [0.05, 0.1) is 10.6 Å². The minimum Gasteiger partial charge on any atom is -0.452 e. The van der Waals surface area contributed by atoms with Crippen molar-refractivity contribution in [2.24, 2.45) is 0 Å². The van der Waals surface area contributed by atoms with Crippen LogP contribution in [0.25, 0.3) is 0 Å². The van der Waals surface area contributed by atoms with E-state index in [1.54, 1.807) is 30.3 Å². The first-order valence-electron chi connectivity index (χ1n) is 7.46. The fourth-order valence-electron chi connectivity index (χ4n) is 1.96. The first-order valence-corrected chi connectivity index (χ1v) is 9.27. The Labute approximate surface area is 156 Å². The van der Waals surface area contributed by atoms with Gasteiger partial charge in [0.2, 0.25) is 10.0 Å². The highest BCUT2D eigenvalue weighted by atomic mass is 35.5. The van der Waals surface area contributed by atoms with Crippen LogP contribution in [-0.2, 0) is 19.6 Å². The van der Waals surface area contributed by atoms with E-state index in [-0.39, 0.29) is 15.5 Å². The van der Waals surface area contributed by atoms with E-state index in [4.69, 9.17) is 16.3 Å². The Morgan fingerprint density at radius 3 is 2.38 bits per heavy atom. The molecule has 2 aromatic carbocycles. The van der Waals surface area contributed by atoms with Gasteiger partial charge in [-0.15, -0.1) is 0 Å². The van der Waals surface area contributed by atoms with Gasteiger partial charge in [0.1, 0.15) is 4.90 Å². The molecule has 0 aliphatic rings. The Morgan fingerprint density at radius 2 is 1.77 bits per heavy atom. The highest BCUT2D eigenvalue weighted by molar-refractivity contribution is 7.89. The maximum absolute atomic E-state index is 12.2. The van der Waals surface area contributed by atoms with E-state index in [0.29, 0.717) is 5.69 Å². The molecule has 0 spiro atoms. The van der Waals surface area contributed by atoms with Gasteiger partial charge < -0.3 is 10.1 Å². The van der Waals surface area contributed by atoms with Gasteiger partial charge in [0, 0.05) is 19.8 Å². The van der Waals surface area contributed by atoms with Crippen LogP contribution in [0.2, 0.25) is 5.02 Å². The van der Waals surface area contributed by atoms with Crippen molar-refractivity contribution in [2.45, 2.75) is 4.90 Å². The summed E-state index contributed by atoms with van der Waals surface area (Å²) in [6.07, 6.45) is 0. The molecule has 0 radical (unpaired) electrons. The second-order valence-electron chi connectivity index (χ2n) is 5.42. The molecule has 0 heterocycles. The average Bonchev–Trinajstić information content (AvgIpc) is 2.60. The van der Waals surface area contributed by atoms with Gasteiger partial charge in [-0.1, -0.05) is 29.8 Å². The molecule has 2 rings (SSSR count). The lowest BCUT2D eigenvalue weighted by molar-refractivity contribution is -0.119. The Hall–Kier alpha value is -2.42. The number of hydrogen-bond donors (Lipinski definition) is 1. The molecule has 9 heteroatoms. The topological polar surface area (TPSA) is 92.8 Å². The number of rotatable bonds is 6. The van der Waals surface area contributed by atoms with E-state index in [9.17, 15) is 18.0 Å². The lowest BCUT2D eigenvalue weighted by Crippen LogP contribution is -2.23. The number of sulfonamides is 1. The predicted octanol–water partition coefficient (Wildman–Crippen LogP) is 2.39. The summed E-state index contributed by atoms with van der Waals surface area (Å²) in [7, 11) is -1.12. The number of para-hydroxylation sites is 1. The summed E-state index contributed by atoms with van der Waals surface area (Å²) in [5.74, 6) is -1.35. The molecule has 0 aliphatic heterocycles.